The van der Waals surface area contributed by atoms with E-state index in [1.165, 1.54) is 0 Å². The highest BCUT2D eigenvalue weighted by Gasteiger charge is 2.23. The molecule has 3 heterocycles. The van der Waals surface area contributed by atoms with Crippen LogP contribution < -0.4 is 11.4 Å². The summed E-state index contributed by atoms with van der Waals surface area (Å²) in [7, 11) is 0. The first-order chi connectivity index (χ1) is 15.0. The Morgan fingerprint density at radius 2 is 1.81 bits per heavy atom. The zero-order chi connectivity index (χ0) is 21.5. The summed E-state index contributed by atoms with van der Waals surface area (Å²) in [5.74, 6) is 0.0882. The van der Waals surface area contributed by atoms with Gasteiger partial charge in [0.1, 0.15) is 11.3 Å². The molecule has 0 atom stereocenters. The number of aromatic nitrogens is 4. The molecular weight excluding hydrogens is 418 g/mol. The molecule has 5 rings (SSSR count). The van der Waals surface area contributed by atoms with Gasteiger partial charge in [-0.3, -0.25) is 9.13 Å². The van der Waals surface area contributed by atoms with E-state index in [4.69, 9.17) is 11.6 Å². The largest absolute Gasteiger partial charge is 0.506 e. The van der Waals surface area contributed by atoms with Crippen LogP contribution in [-0.2, 0) is 6.54 Å². The van der Waals surface area contributed by atoms with E-state index in [2.05, 4.69) is 14.9 Å². The molecule has 0 saturated carbocycles. The van der Waals surface area contributed by atoms with Crippen molar-refractivity contribution < 1.29 is 5.11 Å². The Labute approximate surface area is 182 Å². The van der Waals surface area contributed by atoms with Crippen molar-refractivity contribution in [2.75, 3.05) is 19.6 Å². The maximum absolute atomic E-state index is 12.5. The predicted octanol–water partition coefficient (Wildman–Crippen LogP) is 3.06. The molecule has 0 unspecified atom stereocenters. The Balaban J connectivity index is 1.21. The van der Waals surface area contributed by atoms with Crippen LogP contribution in [0.25, 0.3) is 22.1 Å². The number of aromatic hydroxyl groups is 1. The van der Waals surface area contributed by atoms with Crippen molar-refractivity contribution >= 4 is 33.7 Å². The van der Waals surface area contributed by atoms with Crippen molar-refractivity contribution in [2.24, 2.45) is 0 Å². The minimum Gasteiger partial charge on any atom is -0.506 e. The van der Waals surface area contributed by atoms with E-state index in [0.29, 0.717) is 17.1 Å². The smallest absolute Gasteiger partial charge is 0.326 e. The first kappa shape index (κ1) is 20.0. The monoisotopic (exact) mass is 441 g/mol. The van der Waals surface area contributed by atoms with Crippen LogP contribution in [0.3, 0.4) is 0 Å². The lowest BCUT2D eigenvalue weighted by Gasteiger charge is -2.32. The molecule has 1 aliphatic heterocycles. The molecule has 1 aliphatic rings. The molecule has 162 valence electrons. The van der Waals surface area contributed by atoms with Gasteiger partial charge >= 0.3 is 11.4 Å². The Morgan fingerprint density at radius 3 is 2.61 bits per heavy atom. The first-order valence-corrected chi connectivity index (χ1v) is 10.9. The Hall–Kier alpha value is -2.97. The highest BCUT2D eigenvalue weighted by atomic mass is 35.5. The van der Waals surface area contributed by atoms with Gasteiger partial charge in [-0.2, -0.15) is 0 Å². The van der Waals surface area contributed by atoms with Crippen molar-refractivity contribution in [1.82, 2.24) is 24.0 Å². The summed E-state index contributed by atoms with van der Waals surface area (Å²) in [6.07, 6.45) is 2.63. The van der Waals surface area contributed by atoms with Crippen molar-refractivity contribution in [3.8, 4) is 5.75 Å². The maximum Gasteiger partial charge on any atom is 0.326 e. The zero-order valence-corrected chi connectivity index (χ0v) is 17.7. The highest BCUT2D eigenvalue weighted by molar-refractivity contribution is 6.31. The van der Waals surface area contributed by atoms with Crippen molar-refractivity contribution in [2.45, 2.75) is 31.8 Å². The van der Waals surface area contributed by atoms with E-state index in [1.807, 2.05) is 22.8 Å². The van der Waals surface area contributed by atoms with Gasteiger partial charge < -0.3 is 20.0 Å². The van der Waals surface area contributed by atoms with Gasteiger partial charge in [0.25, 0.3) is 0 Å². The number of phenols is 1. The van der Waals surface area contributed by atoms with Gasteiger partial charge in [-0.15, -0.1) is 0 Å². The molecule has 4 aromatic rings. The number of halogens is 1. The number of likely N-dealkylation sites (tertiary alicyclic amines) is 1. The third-order valence-corrected chi connectivity index (χ3v) is 6.48. The molecule has 3 N–H and O–H groups in total. The van der Waals surface area contributed by atoms with Crippen LogP contribution in [0, 0.1) is 0 Å². The average molecular weight is 442 g/mol. The van der Waals surface area contributed by atoms with E-state index < -0.39 is 0 Å². The normalized spacial score (nSPS) is 15.9. The summed E-state index contributed by atoms with van der Waals surface area (Å²) in [6.45, 7) is 3.27. The molecule has 0 bridgehead atoms. The van der Waals surface area contributed by atoms with Gasteiger partial charge in [-0.25, -0.2) is 9.59 Å². The Bertz CT molecular complexity index is 1360. The molecule has 31 heavy (non-hydrogen) atoms. The molecule has 0 amide bonds. The second-order valence-electron chi connectivity index (χ2n) is 8.14. The summed E-state index contributed by atoms with van der Waals surface area (Å²) < 4.78 is 3.54. The summed E-state index contributed by atoms with van der Waals surface area (Å²) in [5.41, 5.74) is 2.60. The molecule has 9 heteroatoms. The number of aryl methyl sites for hydroxylation is 1. The quantitative estimate of drug-likeness (QED) is 0.443. The minimum atomic E-state index is -0.200. The Morgan fingerprint density at radius 1 is 1.00 bits per heavy atom. The lowest BCUT2D eigenvalue weighted by molar-refractivity contribution is 0.183. The third kappa shape index (κ3) is 3.66. The van der Waals surface area contributed by atoms with Crippen molar-refractivity contribution in [1.29, 1.82) is 0 Å². The number of hydrogen-bond acceptors (Lipinski definition) is 4. The predicted molar refractivity (Wildman–Crippen MR) is 121 cm³/mol. The molecule has 1 fully saturated rings. The molecule has 0 radical (unpaired) electrons. The van der Waals surface area contributed by atoms with Gasteiger partial charge in [0, 0.05) is 30.7 Å². The number of rotatable bonds is 5. The van der Waals surface area contributed by atoms with E-state index >= 15 is 0 Å². The van der Waals surface area contributed by atoms with Gasteiger partial charge in [-0.1, -0.05) is 17.7 Å². The number of aromatic amines is 2. The summed E-state index contributed by atoms with van der Waals surface area (Å²) in [5, 5.41) is 10.5. The van der Waals surface area contributed by atoms with Crippen LogP contribution in [-0.4, -0.2) is 48.7 Å². The van der Waals surface area contributed by atoms with Gasteiger partial charge in [0.05, 0.1) is 16.6 Å². The van der Waals surface area contributed by atoms with E-state index in [0.717, 1.165) is 55.4 Å². The molecule has 8 nitrogen and oxygen atoms in total. The molecular formula is C22H24ClN5O3. The number of phenolic OH excluding ortho intramolecular Hbond substituents is 1. The molecule has 2 aromatic carbocycles. The topological polar surface area (TPSA) is 99.0 Å². The molecule has 1 saturated heterocycles. The SMILES string of the molecule is O=c1[nH]c2c(O)cccc2n1CCCN1CCC(n2c(=O)[nH]c3cc(Cl)ccc32)CC1. The van der Waals surface area contributed by atoms with Crippen LogP contribution >= 0.6 is 11.6 Å². The van der Waals surface area contributed by atoms with Crippen molar-refractivity contribution in [3.63, 3.8) is 0 Å². The molecule has 0 aliphatic carbocycles. The van der Waals surface area contributed by atoms with Crippen molar-refractivity contribution in [3.05, 3.63) is 62.4 Å². The number of nitrogens with one attached hydrogen (secondary N) is 2. The number of para-hydroxylation sites is 1. The number of imidazole rings is 2. The fourth-order valence-electron chi connectivity index (χ4n) is 4.71. The number of hydrogen-bond donors (Lipinski definition) is 3. The highest BCUT2D eigenvalue weighted by Crippen LogP contribution is 2.26. The fourth-order valence-corrected chi connectivity index (χ4v) is 4.88. The second-order valence-corrected chi connectivity index (χ2v) is 8.58. The van der Waals surface area contributed by atoms with Crippen LogP contribution in [0.4, 0.5) is 0 Å². The summed E-state index contributed by atoms with van der Waals surface area (Å²) >= 11 is 6.05. The number of fused-ring (bicyclic) bond motifs is 2. The summed E-state index contributed by atoms with van der Waals surface area (Å²) in [4.78, 5) is 32.8. The number of piperidine rings is 1. The van der Waals surface area contributed by atoms with Crippen LogP contribution in [0.2, 0.25) is 5.02 Å². The van der Waals surface area contributed by atoms with E-state index in [9.17, 15) is 14.7 Å². The first-order valence-electron chi connectivity index (χ1n) is 10.5. The lowest BCUT2D eigenvalue weighted by Crippen LogP contribution is -2.37. The minimum absolute atomic E-state index is 0.0855. The number of H-pyrrole nitrogens is 2. The third-order valence-electron chi connectivity index (χ3n) is 6.25. The number of benzene rings is 2. The van der Waals surface area contributed by atoms with Crippen LogP contribution in [0.1, 0.15) is 25.3 Å². The summed E-state index contributed by atoms with van der Waals surface area (Å²) in [6, 6.07) is 10.8. The van der Waals surface area contributed by atoms with Gasteiger partial charge in [0.2, 0.25) is 0 Å². The zero-order valence-electron chi connectivity index (χ0n) is 17.0. The number of nitrogens with zero attached hydrogens (tertiary/aromatic N) is 3. The molecule has 2 aromatic heterocycles. The standard InChI is InChI=1S/C22H24ClN5O3/c23-14-5-6-17-16(13-14)24-22(31)28(17)15-7-11-26(12-8-15)9-2-10-27-18-3-1-4-19(29)20(18)25-21(27)30/h1,3-6,13,15,29H,2,7-12H2,(H,24,31)(H,25,30). The fraction of sp³-hybridized carbons (Fsp3) is 0.364. The van der Waals surface area contributed by atoms with Crippen LogP contribution in [0.15, 0.2) is 46.0 Å². The van der Waals surface area contributed by atoms with Gasteiger partial charge in [-0.05, 0) is 56.1 Å². The Kier molecular flexibility index (Phi) is 5.11. The van der Waals surface area contributed by atoms with Gasteiger partial charge in [0.15, 0.2) is 0 Å². The van der Waals surface area contributed by atoms with E-state index in [1.54, 1.807) is 22.8 Å². The average Bonchev–Trinajstić information content (AvgIpc) is 3.25. The molecule has 0 spiro atoms. The maximum atomic E-state index is 12.5. The van der Waals surface area contributed by atoms with E-state index in [-0.39, 0.29) is 23.2 Å². The van der Waals surface area contributed by atoms with Crippen LogP contribution in [0.5, 0.6) is 5.75 Å². The lowest BCUT2D eigenvalue weighted by atomic mass is 10.0. The second kappa shape index (κ2) is 7.94.